The summed E-state index contributed by atoms with van der Waals surface area (Å²) in [7, 11) is 0. The summed E-state index contributed by atoms with van der Waals surface area (Å²) in [4.78, 5) is 0. The van der Waals surface area contributed by atoms with E-state index in [1.807, 2.05) is 0 Å². The van der Waals surface area contributed by atoms with Crippen molar-refractivity contribution in [2.45, 2.75) is 52.0 Å². The third-order valence-corrected chi connectivity index (χ3v) is 3.85. The molecule has 1 spiro atoms. The average molecular weight is 190 g/mol. The summed E-state index contributed by atoms with van der Waals surface area (Å²) in [5.41, 5.74) is 7.15. The van der Waals surface area contributed by atoms with Gasteiger partial charge in [-0.3, -0.25) is 0 Å². The molecule has 0 aromatic rings. The maximum absolute atomic E-state index is 5.92. The third-order valence-electron chi connectivity index (χ3n) is 3.85. The summed E-state index contributed by atoms with van der Waals surface area (Å²) in [5, 5.41) is 0. The first-order valence-electron chi connectivity index (χ1n) is 4.80. The lowest BCUT2D eigenvalue weighted by Gasteiger charge is -2.34. The Morgan fingerprint density at radius 3 is 1.83 bits per heavy atom. The Kier molecular flexibility index (Phi) is 2.48. The number of halogens is 1. The molecule has 0 aromatic carbocycles. The molecule has 2 aliphatic carbocycles. The molecule has 0 radical (unpaired) electrons. The Labute approximate surface area is 81.5 Å². The molecule has 0 aromatic heterocycles. The fourth-order valence-electron chi connectivity index (χ4n) is 2.38. The predicted molar refractivity (Wildman–Crippen MR) is 54.5 cm³/mol. The lowest BCUT2D eigenvalue weighted by atomic mass is 9.71. The van der Waals surface area contributed by atoms with Gasteiger partial charge >= 0.3 is 0 Å². The van der Waals surface area contributed by atoms with Crippen molar-refractivity contribution in [3.05, 3.63) is 0 Å². The topological polar surface area (TPSA) is 26.0 Å². The second-order valence-corrected chi connectivity index (χ2v) is 5.34. The molecule has 2 fully saturated rings. The molecule has 2 N–H and O–H groups in total. The van der Waals surface area contributed by atoms with E-state index in [1.54, 1.807) is 0 Å². The number of nitrogens with two attached hydrogens (primary N) is 1. The van der Waals surface area contributed by atoms with Crippen LogP contribution >= 0.6 is 12.4 Å². The van der Waals surface area contributed by atoms with Gasteiger partial charge in [0, 0.05) is 6.04 Å². The van der Waals surface area contributed by atoms with Gasteiger partial charge in [0.15, 0.2) is 0 Å². The molecule has 1 atom stereocenters. The highest BCUT2D eigenvalue weighted by Crippen LogP contribution is 2.58. The van der Waals surface area contributed by atoms with Gasteiger partial charge in [-0.1, -0.05) is 13.8 Å². The maximum Gasteiger partial charge on any atom is 0.0102 e. The van der Waals surface area contributed by atoms with Crippen LogP contribution in [0.1, 0.15) is 46.0 Å². The zero-order chi connectivity index (χ0) is 8.11. The smallest absolute Gasteiger partial charge is 0.0102 e. The van der Waals surface area contributed by atoms with E-state index >= 15 is 0 Å². The zero-order valence-electron chi connectivity index (χ0n) is 8.10. The van der Waals surface area contributed by atoms with Gasteiger partial charge < -0.3 is 5.73 Å². The molecular formula is C10H20ClN. The van der Waals surface area contributed by atoms with E-state index in [0.29, 0.717) is 16.9 Å². The van der Waals surface area contributed by atoms with Crippen molar-refractivity contribution < 1.29 is 0 Å². The highest BCUT2D eigenvalue weighted by molar-refractivity contribution is 5.85. The first-order chi connectivity index (χ1) is 5.04. The Morgan fingerprint density at radius 1 is 1.08 bits per heavy atom. The Bertz CT molecular complexity index is 167. The van der Waals surface area contributed by atoms with E-state index in [0.717, 1.165) is 0 Å². The van der Waals surface area contributed by atoms with Crippen LogP contribution in [0, 0.1) is 10.8 Å². The van der Waals surface area contributed by atoms with E-state index in [4.69, 9.17) is 5.73 Å². The quantitative estimate of drug-likeness (QED) is 0.623. The molecule has 0 saturated heterocycles. The molecule has 0 heterocycles. The van der Waals surface area contributed by atoms with Crippen molar-refractivity contribution in [1.82, 2.24) is 0 Å². The van der Waals surface area contributed by atoms with Crippen LogP contribution < -0.4 is 5.73 Å². The SMILES string of the molecule is CC1(C)CCC2(CC1)CC2N.Cl. The molecule has 2 aliphatic rings. The Morgan fingerprint density at radius 2 is 1.50 bits per heavy atom. The van der Waals surface area contributed by atoms with Crippen molar-refractivity contribution in [3.8, 4) is 0 Å². The molecule has 72 valence electrons. The largest absolute Gasteiger partial charge is 0.327 e. The van der Waals surface area contributed by atoms with Crippen LogP contribution in [0.25, 0.3) is 0 Å². The van der Waals surface area contributed by atoms with Crippen molar-refractivity contribution in [1.29, 1.82) is 0 Å². The molecular weight excluding hydrogens is 170 g/mol. The molecule has 0 bridgehead atoms. The fourth-order valence-corrected chi connectivity index (χ4v) is 2.38. The Balaban J connectivity index is 0.000000720. The standard InChI is InChI=1S/C10H19N.ClH/c1-9(2)3-5-10(6-4-9)7-8(10)11;/h8H,3-7,11H2,1-2H3;1H. The van der Waals surface area contributed by atoms with Crippen LogP contribution in [0.15, 0.2) is 0 Å². The molecule has 2 rings (SSSR count). The third kappa shape index (κ3) is 1.62. The van der Waals surface area contributed by atoms with Crippen molar-refractivity contribution >= 4 is 12.4 Å². The van der Waals surface area contributed by atoms with Crippen LogP contribution in [0.5, 0.6) is 0 Å². The molecule has 1 nitrogen and oxygen atoms in total. The van der Waals surface area contributed by atoms with Crippen LogP contribution in [-0.4, -0.2) is 6.04 Å². The first-order valence-corrected chi connectivity index (χ1v) is 4.80. The van der Waals surface area contributed by atoms with Crippen molar-refractivity contribution in [3.63, 3.8) is 0 Å². The Hall–Kier alpha value is 0.250. The van der Waals surface area contributed by atoms with E-state index in [2.05, 4.69) is 13.8 Å². The van der Waals surface area contributed by atoms with E-state index in [1.165, 1.54) is 32.1 Å². The minimum absolute atomic E-state index is 0. The van der Waals surface area contributed by atoms with Gasteiger partial charge in [-0.2, -0.15) is 0 Å². The van der Waals surface area contributed by atoms with E-state index < -0.39 is 0 Å². The van der Waals surface area contributed by atoms with Crippen LogP contribution in [0.4, 0.5) is 0 Å². The number of rotatable bonds is 0. The molecule has 0 amide bonds. The predicted octanol–water partition coefficient (Wildman–Crippen LogP) is 2.73. The van der Waals surface area contributed by atoms with Gasteiger partial charge in [0.1, 0.15) is 0 Å². The van der Waals surface area contributed by atoms with Crippen molar-refractivity contribution in [2.75, 3.05) is 0 Å². The lowest BCUT2D eigenvalue weighted by Crippen LogP contribution is -2.26. The summed E-state index contributed by atoms with van der Waals surface area (Å²) >= 11 is 0. The summed E-state index contributed by atoms with van der Waals surface area (Å²) in [6.07, 6.45) is 6.87. The van der Waals surface area contributed by atoms with Crippen LogP contribution in [0.2, 0.25) is 0 Å². The van der Waals surface area contributed by atoms with Gasteiger partial charge in [-0.15, -0.1) is 12.4 Å². The van der Waals surface area contributed by atoms with Gasteiger partial charge in [0.25, 0.3) is 0 Å². The summed E-state index contributed by atoms with van der Waals surface area (Å²) in [6.45, 7) is 4.77. The van der Waals surface area contributed by atoms with Gasteiger partial charge in [-0.05, 0) is 42.9 Å². The molecule has 0 aliphatic heterocycles. The van der Waals surface area contributed by atoms with Crippen LogP contribution in [-0.2, 0) is 0 Å². The van der Waals surface area contributed by atoms with E-state index in [-0.39, 0.29) is 12.4 Å². The fraction of sp³-hybridized carbons (Fsp3) is 1.00. The monoisotopic (exact) mass is 189 g/mol. The van der Waals surface area contributed by atoms with Crippen LogP contribution in [0.3, 0.4) is 0 Å². The highest BCUT2D eigenvalue weighted by atomic mass is 35.5. The summed E-state index contributed by atoms with van der Waals surface area (Å²) in [6, 6.07) is 0.554. The molecule has 1 unspecified atom stereocenters. The highest BCUT2D eigenvalue weighted by Gasteiger charge is 2.53. The second-order valence-electron chi connectivity index (χ2n) is 5.34. The number of hydrogen-bond acceptors (Lipinski definition) is 1. The minimum Gasteiger partial charge on any atom is -0.327 e. The molecule has 12 heavy (non-hydrogen) atoms. The second kappa shape index (κ2) is 2.88. The summed E-state index contributed by atoms with van der Waals surface area (Å²) < 4.78 is 0. The average Bonchev–Trinajstić information content (AvgIpc) is 2.54. The minimum atomic E-state index is 0. The zero-order valence-corrected chi connectivity index (χ0v) is 8.91. The van der Waals surface area contributed by atoms with Crippen molar-refractivity contribution in [2.24, 2.45) is 16.6 Å². The molecule has 2 heteroatoms. The maximum atomic E-state index is 5.92. The number of hydrogen-bond donors (Lipinski definition) is 1. The lowest BCUT2D eigenvalue weighted by molar-refractivity contribution is 0.174. The van der Waals surface area contributed by atoms with E-state index in [9.17, 15) is 0 Å². The normalized spacial score (nSPS) is 35.8. The first kappa shape index (κ1) is 10.3. The van der Waals surface area contributed by atoms with Gasteiger partial charge in [0.2, 0.25) is 0 Å². The van der Waals surface area contributed by atoms with Gasteiger partial charge in [0.05, 0.1) is 0 Å². The molecule has 2 saturated carbocycles. The summed E-state index contributed by atoms with van der Waals surface area (Å²) in [5.74, 6) is 0. The van der Waals surface area contributed by atoms with Gasteiger partial charge in [-0.25, -0.2) is 0 Å².